The Labute approximate surface area is 128 Å². The lowest BCUT2D eigenvalue weighted by molar-refractivity contribution is -0.151. The number of thioether (sulfide) groups is 1. The molecule has 0 bridgehead atoms. The number of esters is 1. The van der Waals surface area contributed by atoms with Gasteiger partial charge in [0.25, 0.3) is 0 Å². The van der Waals surface area contributed by atoms with Crippen LogP contribution in [0.15, 0.2) is 35.4 Å². The molecule has 0 atom stereocenters. The zero-order valence-corrected chi connectivity index (χ0v) is 13.0. The average molecular weight is 300 g/mol. The van der Waals surface area contributed by atoms with E-state index in [0.717, 1.165) is 15.8 Å². The highest BCUT2D eigenvalue weighted by Gasteiger charge is 2.17. The molecule has 0 fully saturated rings. The molecule has 0 radical (unpaired) electrons. The second-order valence-corrected chi connectivity index (χ2v) is 6.49. The van der Waals surface area contributed by atoms with Crippen LogP contribution in [-0.4, -0.2) is 22.3 Å². The number of carbonyl (C=O) groups is 1. The third-order valence-corrected chi connectivity index (χ3v) is 3.71. The number of benzene rings is 1. The van der Waals surface area contributed by atoms with Crippen molar-refractivity contribution in [3.63, 3.8) is 0 Å². The molecular weight excluding hydrogens is 284 g/mol. The summed E-state index contributed by atoms with van der Waals surface area (Å²) >= 11 is 1.31. The van der Waals surface area contributed by atoms with Crippen molar-refractivity contribution in [3.8, 4) is 6.07 Å². The Morgan fingerprint density at radius 3 is 2.76 bits per heavy atom. The molecule has 0 amide bonds. The second-order valence-electron chi connectivity index (χ2n) is 5.51. The lowest BCUT2D eigenvalue weighted by atomic mass is 10.2. The summed E-state index contributed by atoms with van der Waals surface area (Å²) in [5.41, 5.74) is 0.779. The van der Waals surface area contributed by atoms with Gasteiger partial charge in [-0.3, -0.25) is 9.78 Å². The van der Waals surface area contributed by atoms with E-state index in [1.807, 2.05) is 45.0 Å². The van der Waals surface area contributed by atoms with Crippen molar-refractivity contribution >= 4 is 28.6 Å². The SMILES string of the molecule is CC(C)(C)OC(=O)CSc1c(C#N)cnc2ccccc12. The van der Waals surface area contributed by atoms with Gasteiger partial charge in [-0.15, -0.1) is 11.8 Å². The summed E-state index contributed by atoms with van der Waals surface area (Å²) in [6.45, 7) is 5.49. The van der Waals surface area contributed by atoms with Gasteiger partial charge in [-0.05, 0) is 26.8 Å². The Kier molecular flexibility index (Phi) is 4.49. The molecule has 1 aromatic heterocycles. The molecule has 0 spiro atoms. The molecule has 2 rings (SSSR count). The number of pyridine rings is 1. The van der Waals surface area contributed by atoms with Gasteiger partial charge in [-0.1, -0.05) is 18.2 Å². The van der Waals surface area contributed by atoms with Gasteiger partial charge in [-0.25, -0.2) is 0 Å². The van der Waals surface area contributed by atoms with E-state index >= 15 is 0 Å². The average Bonchev–Trinajstić information content (AvgIpc) is 2.42. The molecule has 0 saturated heterocycles. The Morgan fingerprint density at radius 1 is 1.38 bits per heavy atom. The highest BCUT2D eigenvalue weighted by atomic mass is 32.2. The molecule has 0 saturated carbocycles. The van der Waals surface area contributed by atoms with Crippen LogP contribution in [0.4, 0.5) is 0 Å². The van der Waals surface area contributed by atoms with Crippen LogP contribution in [-0.2, 0) is 9.53 Å². The highest BCUT2D eigenvalue weighted by molar-refractivity contribution is 8.00. The number of hydrogen-bond acceptors (Lipinski definition) is 5. The Balaban J connectivity index is 2.25. The van der Waals surface area contributed by atoms with Gasteiger partial charge in [0.15, 0.2) is 0 Å². The number of carbonyl (C=O) groups excluding carboxylic acids is 1. The van der Waals surface area contributed by atoms with Crippen LogP contribution < -0.4 is 0 Å². The normalized spacial score (nSPS) is 11.1. The first kappa shape index (κ1) is 15.3. The maximum atomic E-state index is 11.8. The Bertz CT molecular complexity index is 714. The zero-order valence-electron chi connectivity index (χ0n) is 12.2. The maximum Gasteiger partial charge on any atom is 0.316 e. The summed E-state index contributed by atoms with van der Waals surface area (Å²) in [6, 6.07) is 9.69. The van der Waals surface area contributed by atoms with Gasteiger partial charge in [-0.2, -0.15) is 5.26 Å². The van der Waals surface area contributed by atoms with Crippen LogP contribution in [0.1, 0.15) is 26.3 Å². The number of hydrogen-bond donors (Lipinski definition) is 0. The molecule has 4 nitrogen and oxygen atoms in total. The van der Waals surface area contributed by atoms with E-state index in [4.69, 9.17) is 4.74 Å². The Hall–Kier alpha value is -2.06. The van der Waals surface area contributed by atoms with Crippen LogP contribution >= 0.6 is 11.8 Å². The van der Waals surface area contributed by atoms with E-state index in [9.17, 15) is 10.1 Å². The molecule has 2 aromatic rings. The molecule has 5 heteroatoms. The van der Waals surface area contributed by atoms with Crippen molar-refractivity contribution < 1.29 is 9.53 Å². The highest BCUT2D eigenvalue weighted by Crippen LogP contribution is 2.30. The minimum absolute atomic E-state index is 0.167. The first-order chi connectivity index (χ1) is 9.90. The van der Waals surface area contributed by atoms with Gasteiger partial charge in [0, 0.05) is 16.5 Å². The zero-order chi connectivity index (χ0) is 15.5. The molecule has 1 heterocycles. The number of aromatic nitrogens is 1. The monoisotopic (exact) mass is 300 g/mol. The van der Waals surface area contributed by atoms with Gasteiger partial charge >= 0.3 is 5.97 Å². The van der Waals surface area contributed by atoms with Crippen LogP contribution in [0.5, 0.6) is 0 Å². The molecule has 0 N–H and O–H groups in total. The summed E-state index contributed by atoms with van der Waals surface area (Å²) in [5, 5.41) is 10.1. The van der Waals surface area contributed by atoms with E-state index in [-0.39, 0.29) is 11.7 Å². The molecule has 21 heavy (non-hydrogen) atoms. The smallest absolute Gasteiger partial charge is 0.316 e. The summed E-state index contributed by atoms with van der Waals surface area (Å²) in [5.74, 6) is -0.128. The quantitative estimate of drug-likeness (QED) is 0.641. The summed E-state index contributed by atoms with van der Waals surface area (Å²) in [7, 11) is 0. The molecule has 0 unspecified atom stereocenters. The standard InChI is InChI=1S/C16H16N2O2S/c1-16(2,3)20-14(19)10-21-15-11(8-17)9-18-13-7-5-4-6-12(13)15/h4-7,9H,10H2,1-3H3. The lowest BCUT2D eigenvalue weighted by Crippen LogP contribution is -2.24. The van der Waals surface area contributed by atoms with Crippen LogP contribution in [0.2, 0.25) is 0 Å². The topological polar surface area (TPSA) is 63.0 Å². The van der Waals surface area contributed by atoms with E-state index in [1.54, 1.807) is 6.20 Å². The molecule has 0 aliphatic carbocycles. The minimum Gasteiger partial charge on any atom is -0.459 e. The predicted molar refractivity (Wildman–Crippen MR) is 83.0 cm³/mol. The maximum absolute atomic E-state index is 11.8. The summed E-state index contributed by atoms with van der Waals surface area (Å²) < 4.78 is 5.29. The minimum atomic E-state index is -0.504. The fourth-order valence-corrected chi connectivity index (χ4v) is 2.76. The van der Waals surface area contributed by atoms with Gasteiger partial charge in [0.05, 0.1) is 16.8 Å². The number of nitriles is 1. The van der Waals surface area contributed by atoms with Crippen molar-refractivity contribution in [2.75, 3.05) is 5.75 Å². The third-order valence-electron chi connectivity index (χ3n) is 2.60. The van der Waals surface area contributed by atoms with Crippen LogP contribution in [0.25, 0.3) is 10.9 Å². The number of para-hydroxylation sites is 1. The first-order valence-electron chi connectivity index (χ1n) is 6.53. The lowest BCUT2D eigenvalue weighted by Gasteiger charge is -2.19. The van der Waals surface area contributed by atoms with Gasteiger partial charge < -0.3 is 4.74 Å². The fraction of sp³-hybridized carbons (Fsp3) is 0.312. The number of nitrogens with zero attached hydrogens (tertiary/aromatic N) is 2. The number of rotatable bonds is 3. The Morgan fingerprint density at radius 2 is 2.10 bits per heavy atom. The number of ether oxygens (including phenoxy) is 1. The molecular formula is C16H16N2O2S. The van der Waals surface area contributed by atoms with E-state index in [1.165, 1.54) is 11.8 Å². The van der Waals surface area contributed by atoms with E-state index < -0.39 is 5.60 Å². The molecule has 0 aliphatic rings. The van der Waals surface area contributed by atoms with Crippen molar-refractivity contribution in [2.24, 2.45) is 0 Å². The summed E-state index contributed by atoms with van der Waals surface area (Å²) in [4.78, 5) is 16.8. The van der Waals surface area contributed by atoms with Crippen LogP contribution in [0, 0.1) is 11.3 Å². The third kappa shape index (κ3) is 3.96. The van der Waals surface area contributed by atoms with Crippen molar-refractivity contribution in [3.05, 3.63) is 36.0 Å². The largest absolute Gasteiger partial charge is 0.459 e. The van der Waals surface area contributed by atoms with Crippen molar-refractivity contribution in [1.29, 1.82) is 5.26 Å². The van der Waals surface area contributed by atoms with Gasteiger partial charge in [0.2, 0.25) is 0 Å². The summed E-state index contributed by atoms with van der Waals surface area (Å²) in [6.07, 6.45) is 1.54. The van der Waals surface area contributed by atoms with E-state index in [0.29, 0.717) is 5.56 Å². The van der Waals surface area contributed by atoms with Gasteiger partial charge in [0.1, 0.15) is 11.7 Å². The second kappa shape index (κ2) is 6.15. The molecule has 0 aliphatic heterocycles. The molecule has 108 valence electrons. The fourth-order valence-electron chi connectivity index (χ4n) is 1.85. The first-order valence-corrected chi connectivity index (χ1v) is 7.52. The van der Waals surface area contributed by atoms with E-state index in [2.05, 4.69) is 11.1 Å². The number of fused-ring (bicyclic) bond motifs is 1. The molecule has 1 aromatic carbocycles. The predicted octanol–water partition coefficient (Wildman–Crippen LogP) is 3.54. The van der Waals surface area contributed by atoms with Crippen molar-refractivity contribution in [2.45, 2.75) is 31.3 Å². The van der Waals surface area contributed by atoms with Crippen molar-refractivity contribution in [1.82, 2.24) is 4.98 Å². The van der Waals surface area contributed by atoms with Crippen LogP contribution in [0.3, 0.4) is 0 Å².